The van der Waals surface area contributed by atoms with Gasteiger partial charge in [-0.25, -0.2) is 4.98 Å². The summed E-state index contributed by atoms with van der Waals surface area (Å²) in [6.07, 6.45) is 2.09. The van der Waals surface area contributed by atoms with Crippen molar-refractivity contribution in [2.75, 3.05) is 6.61 Å². The van der Waals surface area contributed by atoms with Crippen molar-refractivity contribution in [2.24, 2.45) is 0 Å². The standard InChI is InChI=1S/C10H15NO2S/c1-10(2,3)13-7-8(12)6-9-11-4-5-14-9/h4-5H,6-7H2,1-3H3. The lowest BCUT2D eigenvalue weighted by Crippen LogP contribution is -2.24. The van der Waals surface area contributed by atoms with Crippen LogP contribution in [0, 0.1) is 0 Å². The number of ether oxygens (including phenoxy) is 1. The van der Waals surface area contributed by atoms with Gasteiger partial charge in [-0.05, 0) is 20.8 Å². The summed E-state index contributed by atoms with van der Waals surface area (Å²) in [4.78, 5) is 15.4. The molecule has 3 nitrogen and oxygen atoms in total. The van der Waals surface area contributed by atoms with Gasteiger partial charge in [0.1, 0.15) is 6.61 Å². The van der Waals surface area contributed by atoms with Crippen LogP contribution in [0.25, 0.3) is 0 Å². The molecule has 1 rings (SSSR count). The van der Waals surface area contributed by atoms with Gasteiger partial charge < -0.3 is 4.74 Å². The van der Waals surface area contributed by atoms with Gasteiger partial charge in [0.2, 0.25) is 0 Å². The van der Waals surface area contributed by atoms with E-state index in [1.165, 1.54) is 11.3 Å². The highest BCUT2D eigenvalue weighted by atomic mass is 32.1. The second-order valence-electron chi connectivity index (χ2n) is 4.04. The van der Waals surface area contributed by atoms with Crippen LogP contribution in [0.3, 0.4) is 0 Å². The van der Waals surface area contributed by atoms with Gasteiger partial charge in [-0.1, -0.05) is 0 Å². The van der Waals surface area contributed by atoms with Gasteiger partial charge in [-0.3, -0.25) is 4.79 Å². The third kappa shape index (κ3) is 4.48. The average Bonchev–Trinajstić information content (AvgIpc) is 2.52. The number of thiazole rings is 1. The molecular weight excluding hydrogens is 198 g/mol. The molecule has 0 aliphatic rings. The van der Waals surface area contributed by atoms with Crippen LogP contribution in [0.4, 0.5) is 0 Å². The normalized spacial score (nSPS) is 11.6. The van der Waals surface area contributed by atoms with Crippen LogP contribution in [-0.4, -0.2) is 23.0 Å². The van der Waals surface area contributed by atoms with Gasteiger partial charge in [0.25, 0.3) is 0 Å². The van der Waals surface area contributed by atoms with Crippen molar-refractivity contribution >= 4 is 17.1 Å². The number of ketones is 1. The Labute approximate surface area is 88.1 Å². The summed E-state index contributed by atoms with van der Waals surface area (Å²) in [6.45, 7) is 5.97. The molecule has 0 aromatic carbocycles. The summed E-state index contributed by atoms with van der Waals surface area (Å²) < 4.78 is 5.37. The molecule has 0 spiro atoms. The average molecular weight is 213 g/mol. The molecule has 0 unspecified atom stereocenters. The van der Waals surface area contributed by atoms with E-state index in [0.717, 1.165) is 5.01 Å². The Morgan fingerprint density at radius 2 is 2.29 bits per heavy atom. The van der Waals surface area contributed by atoms with Crippen molar-refractivity contribution in [3.05, 3.63) is 16.6 Å². The molecular formula is C10H15NO2S. The number of rotatable bonds is 4. The van der Waals surface area contributed by atoms with Gasteiger partial charge in [-0.2, -0.15) is 0 Å². The molecule has 0 radical (unpaired) electrons. The van der Waals surface area contributed by atoms with E-state index in [0.29, 0.717) is 6.42 Å². The van der Waals surface area contributed by atoms with E-state index in [1.54, 1.807) is 6.20 Å². The summed E-state index contributed by atoms with van der Waals surface area (Å²) in [5.41, 5.74) is -0.251. The summed E-state index contributed by atoms with van der Waals surface area (Å²) in [5.74, 6) is 0.0786. The van der Waals surface area contributed by atoms with Crippen LogP contribution < -0.4 is 0 Å². The maximum Gasteiger partial charge on any atom is 0.165 e. The summed E-state index contributed by atoms with van der Waals surface area (Å²) >= 11 is 1.50. The zero-order chi connectivity index (χ0) is 10.6. The third-order valence-corrected chi connectivity index (χ3v) is 2.28. The molecule has 4 heteroatoms. The predicted molar refractivity (Wildman–Crippen MR) is 56.5 cm³/mol. The fourth-order valence-corrected chi connectivity index (χ4v) is 1.50. The van der Waals surface area contributed by atoms with Gasteiger partial charge in [-0.15, -0.1) is 11.3 Å². The van der Waals surface area contributed by atoms with Crippen molar-refractivity contribution in [3.63, 3.8) is 0 Å². The number of nitrogens with zero attached hydrogens (tertiary/aromatic N) is 1. The third-order valence-electron chi connectivity index (χ3n) is 1.50. The molecule has 1 aromatic rings. The van der Waals surface area contributed by atoms with Crippen LogP contribution in [-0.2, 0) is 16.0 Å². The van der Waals surface area contributed by atoms with E-state index in [4.69, 9.17) is 4.74 Å². The van der Waals surface area contributed by atoms with Crippen molar-refractivity contribution in [1.29, 1.82) is 0 Å². The lowest BCUT2D eigenvalue weighted by molar-refractivity contribution is -0.127. The number of hydrogen-bond donors (Lipinski definition) is 0. The zero-order valence-corrected chi connectivity index (χ0v) is 9.56. The maximum absolute atomic E-state index is 11.4. The lowest BCUT2D eigenvalue weighted by Gasteiger charge is -2.18. The largest absolute Gasteiger partial charge is 0.368 e. The molecule has 1 heterocycles. The zero-order valence-electron chi connectivity index (χ0n) is 8.74. The number of aromatic nitrogens is 1. The molecule has 78 valence electrons. The summed E-state index contributed by atoms with van der Waals surface area (Å²) in [5, 5.41) is 2.72. The van der Waals surface area contributed by atoms with Crippen molar-refractivity contribution in [2.45, 2.75) is 32.8 Å². The van der Waals surface area contributed by atoms with Crippen LogP contribution >= 0.6 is 11.3 Å². The van der Waals surface area contributed by atoms with E-state index in [1.807, 2.05) is 26.2 Å². The van der Waals surface area contributed by atoms with Crippen LogP contribution in [0.2, 0.25) is 0 Å². The molecule has 1 aromatic heterocycles. The second-order valence-corrected chi connectivity index (χ2v) is 5.02. The minimum absolute atomic E-state index is 0.0786. The lowest BCUT2D eigenvalue weighted by atomic mass is 10.2. The smallest absolute Gasteiger partial charge is 0.165 e. The highest BCUT2D eigenvalue weighted by Crippen LogP contribution is 2.08. The quantitative estimate of drug-likeness (QED) is 0.768. The fourth-order valence-electron chi connectivity index (χ4n) is 0.857. The van der Waals surface area contributed by atoms with Gasteiger partial charge in [0.05, 0.1) is 17.0 Å². The van der Waals surface area contributed by atoms with Crippen molar-refractivity contribution in [1.82, 2.24) is 4.98 Å². The van der Waals surface area contributed by atoms with Crippen LogP contribution in [0.15, 0.2) is 11.6 Å². The summed E-state index contributed by atoms with van der Waals surface area (Å²) in [6, 6.07) is 0. The Balaban J connectivity index is 2.30. The molecule has 0 bridgehead atoms. The maximum atomic E-state index is 11.4. The molecule has 0 amide bonds. The predicted octanol–water partition coefficient (Wildman–Crippen LogP) is 2.07. The number of carbonyl (C=O) groups excluding carboxylic acids is 1. The Kier molecular flexibility index (Phi) is 3.77. The molecule has 0 atom stereocenters. The van der Waals surface area contributed by atoms with Crippen molar-refractivity contribution < 1.29 is 9.53 Å². The first kappa shape index (κ1) is 11.3. The van der Waals surface area contributed by atoms with E-state index in [2.05, 4.69) is 4.98 Å². The Hall–Kier alpha value is -0.740. The monoisotopic (exact) mass is 213 g/mol. The Bertz CT molecular complexity index is 288. The van der Waals surface area contributed by atoms with Gasteiger partial charge >= 0.3 is 0 Å². The highest BCUT2D eigenvalue weighted by Gasteiger charge is 2.13. The molecule has 0 saturated carbocycles. The van der Waals surface area contributed by atoms with E-state index in [9.17, 15) is 4.79 Å². The molecule has 0 saturated heterocycles. The number of Topliss-reactive ketones (excluding diaryl/α,β-unsaturated/α-hetero) is 1. The number of carbonyl (C=O) groups is 1. The second kappa shape index (κ2) is 4.66. The minimum Gasteiger partial charge on any atom is -0.368 e. The molecule has 14 heavy (non-hydrogen) atoms. The highest BCUT2D eigenvalue weighted by molar-refractivity contribution is 7.09. The van der Waals surface area contributed by atoms with Crippen LogP contribution in [0.1, 0.15) is 25.8 Å². The molecule has 0 aliphatic heterocycles. The van der Waals surface area contributed by atoms with E-state index >= 15 is 0 Å². The first-order chi connectivity index (χ1) is 6.47. The molecule has 0 aliphatic carbocycles. The molecule has 0 N–H and O–H groups in total. The van der Waals surface area contributed by atoms with Gasteiger partial charge in [0.15, 0.2) is 5.78 Å². The summed E-state index contributed by atoms with van der Waals surface area (Å²) in [7, 11) is 0. The molecule has 0 fully saturated rings. The van der Waals surface area contributed by atoms with Gasteiger partial charge in [0, 0.05) is 11.6 Å². The van der Waals surface area contributed by atoms with Crippen molar-refractivity contribution in [3.8, 4) is 0 Å². The van der Waals surface area contributed by atoms with E-state index < -0.39 is 0 Å². The minimum atomic E-state index is -0.251. The first-order valence-corrected chi connectivity index (χ1v) is 5.39. The Morgan fingerprint density at radius 1 is 1.57 bits per heavy atom. The fraction of sp³-hybridized carbons (Fsp3) is 0.600. The first-order valence-electron chi connectivity index (χ1n) is 4.51. The van der Waals surface area contributed by atoms with Crippen LogP contribution in [0.5, 0.6) is 0 Å². The Morgan fingerprint density at radius 3 is 2.79 bits per heavy atom. The number of hydrogen-bond acceptors (Lipinski definition) is 4. The SMILES string of the molecule is CC(C)(C)OCC(=O)Cc1nccs1. The topological polar surface area (TPSA) is 39.2 Å². The van der Waals surface area contributed by atoms with E-state index in [-0.39, 0.29) is 18.0 Å².